The maximum atomic E-state index is 12.2. The Morgan fingerprint density at radius 2 is 1.63 bits per heavy atom. The van der Waals surface area contributed by atoms with E-state index in [0.29, 0.717) is 46.2 Å². The Hall–Kier alpha value is -3.92. The molecular formula is C31H43N5O5. The summed E-state index contributed by atoms with van der Waals surface area (Å²) in [5.41, 5.74) is 1.50. The van der Waals surface area contributed by atoms with Gasteiger partial charge in [0, 0.05) is 31.3 Å². The third-order valence-electron chi connectivity index (χ3n) is 6.54. The minimum Gasteiger partial charge on any atom is -0.493 e. The summed E-state index contributed by atoms with van der Waals surface area (Å²) in [7, 11) is 1.60. The Morgan fingerprint density at radius 1 is 0.927 bits per heavy atom. The topological polar surface area (TPSA) is 115 Å². The molecule has 2 N–H and O–H groups in total. The van der Waals surface area contributed by atoms with Crippen LogP contribution in [-0.2, 0) is 9.59 Å². The molecule has 3 aromatic rings. The van der Waals surface area contributed by atoms with E-state index in [-0.39, 0.29) is 18.1 Å². The van der Waals surface area contributed by atoms with Crippen molar-refractivity contribution in [1.29, 1.82) is 0 Å². The van der Waals surface area contributed by atoms with Crippen molar-refractivity contribution < 1.29 is 23.8 Å². The average Bonchev–Trinajstić information content (AvgIpc) is 2.97. The number of nitrogens with one attached hydrogen (secondary N) is 2. The van der Waals surface area contributed by atoms with E-state index in [1.54, 1.807) is 32.2 Å². The lowest BCUT2D eigenvalue weighted by atomic mass is 10.2. The summed E-state index contributed by atoms with van der Waals surface area (Å²) in [6.07, 6.45) is 7.30. The van der Waals surface area contributed by atoms with Gasteiger partial charge in [0.25, 0.3) is 0 Å². The summed E-state index contributed by atoms with van der Waals surface area (Å²) in [4.78, 5) is 35.4. The number of benzene rings is 2. The first-order valence-corrected chi connectivity index (χ1v) is 14.5. The van der Waals surface area contributed by atoms with Gasteiger partial charge in [-0.25, -0.2) is 9.97 Å². The second-order valence-electron chi connectivity index (χ2n) is 9.81. The molecule has 0 saturated heterocycles. The number of methoxy groups -OCH3 is 1. The number of amides is 1. The molecule has 1 aromatic heterocycles. The van der Waals surface area contributed by atoms with Crippen molar-refractivity contribution in [2.45, 2.75) is 66.2 Å². The molecule has 0 spiro atoms. The normalized spacial score (nSPS) is 11.0. The minimum absolute atomic E-state index is 0.180. The minimum atomic E-state index is -0.429. The van der Waals surface area contributed by atoms with Crippen LogP contribution in [0.25, 0.3) is 10.9 Å². The first kappa shape index (κ1) is 31.6. The van der Waals surface area contributed by atoms with Gasteiger partial charge in [0.15, 0.2) is 17.2 Å². The average molecular weight is 566 g/mol. The van der Waals surface area contributed by atoms with Crippen LogP contribution < -0.4 is 24.8 Å². The second kappa shape index (κ2) is 16.4. The van der Waals surface area contributed by atoms with Crippen LogP contribution >= 0.6 is 0 Å². The molecule has 0 radical (unpaired) electrons. The van der Waals surface area contributed by atoms with Gasteiger partial charge in [-0.3, -0.25) is 9.59 Å². The summed E-state index contributed by atoms with van der Waals surface area (Å²) in [6, 6.07) is 8.85. The van der Waals surface area contributed by atoms with E-state index >= 15 is 0 Å². The highest BCUT2D eigenvalue weighted by atomic mass is 16.5. The van der Waals surface area contributed by atoms with Gasteiger partial charge in [-0.1, -0.05) is 39.7 Å². The van der Waals surface area contributed by atoms with Crippen molar-refractivity contribution in [2.75, 3.05) is 44.0 Å². The molecule has 10 nitrogen and oxygen atoms in total. The molecule has 0 unspecified atom stereocenters. The van der Waals surface area contributed by atoms with Gasteiger partial charge >= 0.3 is 5.97 Å². The zero-order valence-electron chi connectivity index (χ0n) is 24.9. The number of hydrogen-bond donors (Lipinski definition) is 2. The molecule has 10 heteroatoms. The van der Waals surface area contributed by atoms with Gasteiger partial charge in [0.05, 0.1) is 30.6 Å². The Morgan fingerprint density at radius 3 is 2.29 bits per heavy atom. The number of carbonyl (C=O) groups excluding carboxylic acids is 2. The van der Waals surface area contributed by atoms with E-state index in [4.69, 9.17) is 14.2 Å². The molecule has 1 amide bonds. The van der Waals surface area contributed by atoms with Crippen LogP contribution in [0, 0.1) is 0 Å². The SMILES string of the molecule is CCCCN(CCCC)CCCOc1cc2c(Nc3cccc(NC(C)=O)c3OC(=O)CC)ncnc2cc1OC. The number of ether oxygens (including phenoxy) is 3. The summed E-state index contributed by atoms with van der Waals surface area (Å²) >= 11 is 0. The maximum Gasteiger partial charge on any atom is 0.311 e. The molecule has 0 bridgehead atoms. The standard InChI is InChI=1S/C31H43N5O5/c1-6-9-15-36(16-10-7-2)17-12-18-40-28-19-23-26(20-27(28)39-5)32-21-33-31(23)35-25-14-11-13-24(34-22(4)37)30(25)41-29(38)8-3/h11,13-14,19-21H,6-10,12,15-18H2,1-5H3,(H,34,37)(H,32,33,35). The van der Waals surface area contributed by atoms with Crippen LogP contribution in [0.4, 0.5) is 17.2 Å². The van der Waals surface area contributed by atoms with Crippen molar-refractivity contribution in [1.82, 2.24) is 14.9 Å². The summed E-state index contributed by atoms with van der Waals surface area (Å²) in [5, 5.41) is 6.68. The van der Waals surface area contributed by atoms with Crippen LogP contribution in [0.2, 0.25) is 0 Å². The molecule has 0 aliphatic carbocycles. The highest BCUT2D eigenvalue weighted by molar-refractivity contribution is 5.96. The Bertz CT molecular complexity index is 1290. The monoisotopic (exact) mass is 565 g/mol. The fourth-order valence-electron chi connectivity index (χ4n) is 4.35. The van der Waals surface area contributed by atoms with Gasteiger partial charge in [0.1, 0.15) is 12.1 Å². The number of rotatable bonds is 17. The molecule has 222 valence electrons. The Balaban J connectivity index is 1.85. The summed E-state index contributed by atoms with van der Waals surface area (Å²) in [5.74, 6) is 1.17. The smallest absolute Gasteiger partial charge is 0.311 e. The second-order valence-corrected chi connectivity index (χ2v) is 9.81. The molecule has 0 fully saturated rings. The number of anilines is 3. The van der Waals surface area contributed by atoms with Crippen molar-refractivity contribution in [3.05, 3.63) is 36.7 Å². The van der Waals surface area contributed by atoms with Crippen LogP contribution in [0.5, 0.6) is 17.2 Å². The summed E-state index contributed by atoms with van der Waals surface area (Å²) < 4.78 is 17.4. The Kier molecular flexibility index (Phi) is 12.6. The van der Waals surface area contributed by atoms with Crippen LogP contribution in [-0.4, -0.2) is 60.1 Å². The number of carbonyl (C=O) groups is 2. The largest absolute Gasteiger partial charge is 0.493 e. The number of fused-ring (bicyclic) bond motifs is 1. The Labute approximate surface area is 242 Å². The van der Waals surface area contributed by atoms with Gasteiger partial charge in [-0.05, 0) is 50.6 Å². The maximum absolute atomic E-state index is 12.2. The molecule has 0 atom stereocenters. The van der Waals surface area contributed by atoms with E-state index in [1.807, 2.05) is 12.1 Å². The van der Waals surface area contributed by atoms with Crippen LogP contribution in [0.1, 0.15) is 66.2 Å². The quantitative estimate of drug-likeness (QED) is 0.110. The van der Waals surface area contributed by atoms with E-state index in [0.717, 1.165) is 26.1 Å². The molecular weight excluding hydrogens is 522 g/mol. The van der Waals surface area contributed by atoms with Crippen molar-refractivity contribution >= 4 is 40.0 Å². The summed E-state index contributed by atoms with van der Waals surface area (Å²) in [6.45, 7) is 11.3. The number of esters is 1. The molecule has 3 rings (SSSR count). The van der Waals surface area contributed by atoms with Crippen LogP contribution in [0.15, 0.2) is 36.7 Å². The molecule has 2 aromatic carbocycles. The molecule has 41 heavy (non-hydrogen) atoms. The van der Waals surface area contributed by atoms with Gasteiger partial charge in [-0.2, -0.15) is 0 Å². The third-order valence-corrected chi connectivity index (χ3v) is 6.54. The third kappa shape index (κ3) is 9.31. The van der Waals surface area contributed by atoms with Gasteiger partial charge < -0.3 is 29.7 Å². The van der Waals surface area contributed by atoms with E-state index in [9.17, 15) is 9.59 Å². The lowest BCUT2D eigenvalue weighted by Crippen LogP contribution is -2.28. The zero-order valence-corrected chi connectivity index (χ0v) is 24.9. The predicted octanol–water partition coefficient (Wildman–Crippen LogP) is 6.33. The van der Waals surface area contributed by atoms with E-state index in [2.05, 4.69) is 39.3 Å². The highest BCUT2D eigenvalue weighted by Crippen LogP contribution is 2.39. The first-order chi connectivity index (χ1) is 19.9. The fraction of sp³-hybridized carbons (Fsp3) is 0.484. The number of nitrogens with zero attached hydrogens (tertiary/aromatic N) is 3. The predicted molar refractivity (Wildman–Crippen MR) is 162 cm³/mol. The molecule has 0 saturated carbocycles. The number of para-hydroxylation sites is 1. The molecule has 0 aliphatic heterocycles. The van der Waals surface area contributed by atoms with Crippen molar-refractivity contribution in [2.24, 2.45) is 0 Å². The fourth-order valence-corrected chi connectivity index (χ4v) is 4.35. The van der Waals surface area contributed by atoms with Gasteiger partial charge in [0.2, 0.25) is 5.91 Å². The van der Waals surface area contributed by atoms with Gasteiger partial charge in [-0.15, -0.1) is 0 Å². The molecule has 0 aliphatic rings. The zero-order chi connectivity index (χ0) is 29.6. The highest BCUT2D eigenvalue weighted by Gasteiger charge is 2.18. The van der Waals surface area contributed by atoms with Crippen LogP contribution in [0.3, 0.4) is 0 Å². The van der Waals surface area contributed by atoms with Crippen molar-refractivity contribution in [3.63, 3.8) is 0 Å². The lowest BCUT2D eigenvalue weighted by Gasteiger charge is -2.22. The van der Waals surface area contributed by atoms with E-state index < -0.39 is 5.97 Å². The number of aromatic nitrogens is 2. The number of unbranched alkanes of at least 4 members (excludes halogenated alkanes) is 2. The number of hydrogen-bond acceptors (Lipinski definition) is 9. The van der Waals surface area contributed by atoms with E-state index in [1.165, 1.54) is 38.9 Å². The first-order valence-electron chi connectivity index (χ1n) is 14.5. The van der Waals surface area contributed by atoms with Crippen molar-refractivity contribution in [3.8, 4) is 17.2 Å². The lowest BCUT2D eigenvalue weighted by molar-refractivity contribution is -0.134. The molecule has 1 heterocycles.